The van der Waals surface area contributed by atoms with E-state index in [1.807, 2.05) is 21.9 Å². The molecule has 6 fully saturated rings. The van der Waals surface area contributed by atoms with Crippen molar-refractivity contribution < 1.29 is 32.8 Å². The Balaban J connectivity index is 0.696. The third-order valence-electron chi connectivity index (χ3n) is 16.8. The number of fused-ring (bicyclic) bond motifs is 1. The summed E-state index contributed by atoms with van der Waals surface area (Å²) in [6.45, 7) is 5.41. The van der Waals surface area contributed by atoms with Crippen molar-refractivity contribution in [2.45, 2.75) is 102 Å². The maximum absolute atomic E-state index is 16.3. The van der Waals surface area contributed by atoms with Crippen molar-refractivity contribution in [3.05, 3.63) is 111 Å². The number of amides is 5. The zero-order valence-electron chi connectivity index (χ0n) is 40.6. The van der Waals surface area contributed by atoms with Crippen molar-refractivity contribution in [3.8, 4) is 0 Å². The predicted molar refractivity (Wildman–Crippen MR) is 263 cm³/mol. The summed E-state index contributed by atoms with van der Waals surface area (Å²) < 4.78 is 31.5. The van der Waals surface area contributed by atoms with Gasteiger partial charge in [-0.15, -0.1) is 0 Å². The molecule has 0 radical (unpaired) electrons. The zero-order chi connectivity index (χ0) is 49.2. The van der Waals surface area contributed by atoms with Crippen LogP contribution in [0.2, 0.25) is 0 Å². The first-order valence-electron chi connectivity index (χ1n) is 26.1. The minimum absolute atomic E-state index is 0.00525. The van der Waals surface area contributed by atoms with Gasteiger partial charge in [0.15, 0.2) is 0 Å². The number of halogens is 2. The first kappa shape index (κ1) is 48.6. The van der Waals surface area contributed by atoms with Gasteiger partial charge in [0.1, 0.15) is 17.7 Å². The Hall–Kier alpha value is -6.03. The van der Waals surface area contributed by atoms with Crippen molar-refractivity contribution in [2.24, 2.45) is 17.3 Å². The number of piperazine rings is 1. The van der Waals surface area contributed by atoms with E-state index < -0.39 is 29.5 Å². The van der Waals surface area contributed by atoms with Gasteiger partial charge in [0.25, 0.3) is 17.4 Å². The van der Waals surface area contributed by atoms with Gasteiger partial charge in [0, 0.05) is 76.0 Å². The monoisotopic (exact) mass is 973 g/mol. The minimum atomic E-state index is -0.736. The van der Waals surface area contributed by atoms with Crippen molar-refractivity contribution in [3.63, 3.8) is 0 Å². The van der Waals surface area contributed by atoms with Crippen LogP contribution in [0.25, 0.3) is 10.8 Å². The average Bonchev–Trinajstić information content (AvgIpc) is 4.26. The van der Waals surface area contributed by atoms with Crippen LogP contribution >= 0.6 is 0 Å². The molecular formula is C55H66F2N8O6. The standard InChI is InChI=1S/C55H66F2N8O6/c56-45-18-15-36(33-46-41-11-4-5-12-42(41)51(68)60-59-46)32-44(45)53(70)64-30-28-62(29-31-64)47(66)35-61-24-19-55(20-25-61)21-26-63(27-22-55)54(71)49(37-8-2-1-3-9-37)58-50(67)43-14-6-13-40(48(43)57)39-10-7-23-65(34-39)52(69)38-16-17-38/h4-6,11-15,18,32,37-39,49H,1-3,7-10,16-17,19-31,33-35H2,(H,58,67)(H,60,68)/t39?,49-/m1/s1. The lowest BCUT2D eigenvalue weighted by atomic mass is 9.71. The van der Waals surface area contributed by atoms with Crippen LogP contribution in [0.5, 0.6) is 0 Å². The molecule has 376 valence electrons. The highest BCUT2D eigenvalue weighted by molar-refractivity contribution is 5.98. The predicted octanol–water partition coefficient (Wildman–Crippen LogP) is 6.28. The van der Waals surface area contributed by atoms with E-state index in [4.69, 9.17) is 0 Å². The summed E-state index contributed by atoms with van der Waals surface area (Å²) >= 11 is 0. The van der Waals surface area contributed by atoms with Crippen LogP contribution in [0.3, 0.4) is 0 Å². The van der Waals surface area contributed by atoms with E-state index in [9.17, 15) is 28.8 Å². The second-order valence-electron chi connectivity index (χ2n) is 21.3. The Morgan fingerprint density at radius 1 is 0.704 bits per heavy atom. The van der Waals surface area contributed by atoms with E-state index in [0.29, 0.717) is 73.3 Å². The summed E-state index contributed by atoms with van der Waals surface area (Å²) in [6, 6.07) is 15.8. The lowest BCUT2D eigenvalue weighted by molar-refractivity contribution is -0.139. The number of aromatic nitrogens is 2. The number of nitrogens with one attached hydrogen (secondary N) is 2. The topological polar surface area (TPSA) is 159 Å². The van der Waals surface area contributed by atoms with Gasteiger partial charge < -0.3 is 24.9 Å². The maximum Gasteiger partial charge on any atom is 0.272 e. The fourth-order valence-electron chi connectivity index (χ4n) is 12.2. The molecule has 1 unspecified atom stereocenters. The Bertz CT molecular complexity index is 2710. The van der Waals surface area contributed by atoms with Crippen LogP contribution in [-0.4, -0.2) is 142 Å². The van der Waals surface area contributed by atoms with Gasteiger partial charge in [0.2, 0.25) is 17.7 Å². The molecule has 3 aromatic carbocycles. The molecule has 5 heterocycles. The zero-order valence-corrected chi connectivity index (χ0v) is 40.6. The largest absolute Gasteiger partial charge is 0.342 e. The number of H-pyrrole nitrogens is 1. The number of aromatic amines is 1. The number of carbonyl (C=O) groups is 5. The molecule has 16 heteroatoms. The number of rotatable bonds is 11. The summed E-state index contributed by atoms with van der Waals surface area (Å²) in [4.78, 5) is 90.2. The summed E-state index contributed by atoms with van der Waals surface area (Å²) in [6.07, 6.45) is 11.9. The summed E-state index contributed by atoms with van der Waals surface area (Å²) in [5, 5.41) is 11.0. The molecule has 4 saturated heterocycles. The third kappa shape index (κ3) is 10.6. The molecule has 10 rings (SSSR count). The number of likely N-dealkylation sites (tertiary alicyclic amines) is 3. The molecule has 5 amide bonds. The molecule has 14 nitrogen and oxygen atoms in total. The van der Waals surface area contributed by atoms with E-state index in [1.54, 1.807) is 46.2 Å². The summed E-state index contributed by atoms with van der Waals surface area (Å²) in [5.41, 5.74) is 1.44. The highest BCUT2D eigenvalue weighted by atomic mass is 19.1. The molecule has 2 saturated carbocycles. The van der Waals surface area contributed by atoms with Crippen LogP contribution in [0.15, 0.2) is 65.5 Å². The molecule has 0 bridgehead atoms. The van der Waals surface area contributed by atoms with Crippen LogP contribution in [0, 0.1) is 28.9 Å². The Kier molecular flexibility index (Phi) is 14.4. The molecule has 4 aromatic rings. The van der Waals surface area contributed by atoms with Gasteiger partial charge >= 0.3 is 0 Å². The third-order valence-corrected chi connectivity index (χ3v) is 16.8. The van der Waals surface area contributed by atoms with Crippen LogP contribution in [0.4, 0.5) is 8.78 Å². The molecule has 71 heavy (non-hydrogen) atoms. The highest BCUT2D eigenvalue weighted by Gasteiger charge is 2.43. The normalized spacial score (nSPS) is 21.6. The number of hydrogen-bond acceptors (Lipinski definition) is 8. The number of carbonyl (C=O) groups excluding carboxylic acids is 5. The fourth-order valence-corrected chi connectivity index (χ4v) is 12.2. The number of hydrogen-bond donors (Lipinski definition) is 2. The smallest absolute Gasteiger partial charge is 0.272 e. The Morgan fingerprint density at radius 2 is 1.41 bits per heavy atom. The van der Waals surface area contributed by atoms with Crippen LogP contribution in [-0.2, 0) is 20.8 Å². The fraction of sp³-hybridized carbons (Fsp3) is 0.545. The molecule has 2 N–H and O–H groups in total. The number of benzene rings is 3. The van der Waals surface area contributed by atoms with Crippen molar-refractivity contribution >= 4 is 40.3 Å². The van der Waals surface area contributed by atoms with E-state index in [0.717, 1.165) is 96.6 Å². The van der Waals surface area contributed by atoms with E-state index in [1.165, 1.54) is 12.1 Å². The van der Waals surface area contributed by atoms with Gasteiger partial charge in [-0.1, -0.05) is 55.7 Å². The molecular weight excluding hydrogens is 907 g/mol. The van der Waals surface area contributed by atoms with Gasteiger partial charge in [-0.05, 0) is 124 Å². The number of piperidine rings is 3. The van der Waals surface area contributed by atoms with Crippen molar-refractivity contribution in [1.29, 1.82) is 0 Å². The Morgan fingerprint density at radius 3 is 2.14 bits per heavy atom. The van der Waals surface area contributed by atoms with Gasteiger partial charge in [-0.3, -0.25) is 33.7 Å². The minimum Gasteiger partial charge on any atom is -0.342 e. The average molecular weight is 973 g/mol. The Labute approximate surface area is 413 Å². The number of nitrogens with zero attached hydrogens (tertiary/aromatic N) is 6. The second kappa shape index (κ2) is 21.0. The molecule has 6 aliphatic rings. The van der Waals surface area contributed by atoms with Gasteiger partial charge in [0.05, 0.1) is 28.8 Å². The van der Waals surface area contributed by atoms with Gasteiger partial charge in [-0.25, -0.2) is 13.9 Å². The van der Waals surface area contributed by atoms with E-state index in [2.05, 4.69) is 20.4 Å². The van der Waals surface area contributed by atoms with Crippen LogP contribution in [0.1, 0.15) is 127 Å². The molecule has 4 aliphatic heterocycles. The SMILES string of the molecule is O=C(N[C@@H](C(=O)N1CCC2(CCN(CC(=O)N3CCN(C(=O)c4cc(Cc5n[nH]c(=O)c6ccccc56)ccc4F)CC3)CC2)CC1)C1CCCCC1)c1cccc(C2CCCN(C(=O)C3CC3)C2)c1F. The molecule has 1 spiro atoms. The van der Waals surface area contributed by atoms with Gasteiger partial charge in [-0.2, -0.15) is 5.10 Å². The van der Waals surface area contributed by atoms with E-state index >= 15 is 8.78 Å². The summed E-state index contributed by atoms with van der Waals surface area (Å²) in [5.74, 6) is -2.19. The van der Waals surface area contributed by atoms with Crippen molar-refractivity contribution in [2.75, 3.05) is 72.0 Å². The lowest BCUT2D eigenvalue weighted by Crippen LogP contribution is -2.56. The highest BCUT2D eigenvalue weighted by Crippen LogP contribution is 2.42. The maximum atomic E-state index is 16.3. The molecule has 1 aromatic heterocycles. The molecule has 2 atom stereocenters. The van der Waals surface area contributed by atoms with Crippen LogP contribution < -0.4 is 10.9 Å². The quantitative estimate of drug-likeness (QED) is 0.178. The first-order valence-corrected chi connectivity index (χ1v) is 26.1. The van der Waals surface area contributed by atoms with E-state index in [-0.39, 0.29) is 77.2 Å². The second-order valence-corrected chi connectivity index (χ2v) is 21.3. The first-order chi connectivity index (χ1) is 34.4. The van der Waals surface area contributed by atoms with Crippen molar-refractivity contribution in [1.82, 2.24) is 40.0 Å². The molecule has 2 aliphatic carbocycles. The summed E-state index contributed by atoms with van der Waals surface area (Å²) in [7, 11) is 0. The lowest BCUT2D eigenvalue weighted by Gasteiger charge is -2.47.